The molecule has 19 heavy (non-hydrogen) atoms. The molecule has 2 rings (SSSR count). The quantitative estimate of drug-likeness (QED) is 0.827. The lowest BCUT2D eigenvalue weighted by Crippen LogP contribution is -2.35. The number of aryl methyl sites for hydroxylation is 1. The van der Waals surface area contributed by atoms with Gasteiger partial charge in [0, 0.05) is 26.1 Å². The lowest BCUT2D eigenvalue weighted by Gasteiger charge is -2.01. The first-order valence-corrected chi connectivity index (χ1v) is 6.65. The van der Waals surface area contributed by atoms with Crippen molar-refractivity contribution in [1.82, 2.24) is 9.97 Å². The van der Waals surface area contributed by atoms with Gasteiger partial charge in [0.05, 0.1) is 10.4 Å². The van der Waals surface area contributed by atoms with Crippen molar-refractivity contribution in [3.63, 3.8) is 0 Å². The molecule has 0 bridgehead atoms. The minimum atomic E-state index is 0. The fraction of sp³-hybridized carbons (Fsp3) is 0.417. The minimum absolute atomic E-state index is 0. The van der Waals surface area contributed by atoms with Gasteiger partial charge in [-0.15, -0.1) is 12.4 Å². The number of anilines is 1. The van der Waals surface area contributed by atoms with Gasteiger partial charge >= 0.3 is 0 Å². The molecule has 3 N–H and O–H groups in total. The molecule has 2 aromatic heterocycles. The van der Waals surface area contributed by atoms with E-state index in [2.05, 4.69) is 14.5 Å². The second kappa shape index (κ2) is 6.79. The molecule has 0 aromatic carbocycles. The van der Waals surface area contributed by atoms with Crippen molar-refractivity contribution in [2.45, 2.75) is 26.8 Å². The van der Waals surface area contributed by atoms with E-state index >= 15 is 0 Å². The van der Waals surface area contributed by atoms with Crippen LogP contribution in [0.4, 0.5) is 5.82 Å². The predicted molar refractivity (Wildman–Crippen MR) is 77.6 cm³/mol. The molecule has 0 saturated heterocycles. The highest BCUT2D eigenvalue weighted by atomic mass is 35.5. The van der Waals surface area contributed by atoms with Crippen LogP contribution < -0.4 is 10.3 Å². The van der Waals surface area contributed by atoms with Gasteiger partial charge in [0.1, 0.15) is 11.6 Å². The second-order valence-electron chi connectivity index (χ2n) is 4.16. The number of hydrogen-bond donors (Lipinski definition) is 2. The number of hydrogen-bond acceptors (Lipinski definition) is 5. The van der Waals surface area contributed by atoms with Crippen molar-refractivity contribution in [3.8, 4) is 0 Å². The zero-order valence-corrected chi connectivity index (χ0v) is 12.6. The highest BCUT2D eigenvalue weighted by molar-refractivity contribution is 7.09. The third-order valence-corrected chi connectivity index (χ3v) is 4.00. The van der Waals surface area contributed by atoms with E-state index in [1.165, 1.54) is 4.88 Å². The minimum Gasteiger partial charge on any atom is -0.396 e. The normalized spacial score (nSPS) is 10.3. The molecule has 2 aromatic rings. The van der Waals surface area contributed by atoms with Gasteiger partial charge < -0.3 is 10.8 Å². The Balaban J connectivity index is 0.00000180. The zero-order chi connectivity index (χ0) is 13.1. The zero-order valence-electron chi connectivity index (χ0n) is 11.0. The maximum atomic E-state index is 8.98. The summed E-state index contributed by atoms with van der Waals surface area (Å²) in [6.45, 7) is 4.71. The van der Waals surface area contributed by atoms with Gasteiger partial charge in [-0.1, -0.05) is 11.3 Å². The average molecular weight is 302 g/mol. The molecular formula is C12H18ClN4OS+. The lowest BCUT2D eigenvalue weighted by molar-refractivity contribution is -0.689. The van der Waals surface area contributed by atoms with E-state index in [-0.39, 0.29) is 19.0 Å². The molecule has 7 heteroatoms. The standard InChI is InChI=1S/C12H17N4OS.ClH/c1-8-11(3-4-17)18-7-16(8)6-10-5-14-9(2)15-12(10)13;/h5,7,17H,3-4,6H2,1-2H3,(H2,13,14,15);1H/q+1;. The number of rotatable bonds is 4. The van der Waals surface area contributed by atoms with Gasteiger partial charge in [0.25, 0.3) is 0 Å². The third kappa shape index (κ3) is 3.62. The molecular weight excluding hydrogens is 284 g/mol. The van der Waals surface area contributed by atoms with E-state index in [0.717, 1.165) is 11.3 Å². The van der Waals surface area contributed by atoms with E-state index in [0.29, 0.717) is 24.6 Å². The van der Waals surface area contributed by atoms with E-state index in [9.17, 15) is 0 Å². The number of nitrogens with zero attached hydrogens (tertiary/aromatic N) is 3. The van der Waals surface area contributed by atoms with Crippen LogP contribution in [-0.4, -0.2) is 21.7 Å². The Morgan fingerprint density at radius 3 is 2.79 bits per heavy atom. The summed E-state index contributed by atoms with van der Waals surface area (Å²) >= 11 is 1.65. The van der Waals surface area contributed by atoms with Crippen LogP contribution in [-0.2, 0) is 13.0 Å². The Labute approximate surface area is 122 Å². The van der Waals surface area contributed by atoms with Crippen molar-refractivity contribution in [1.29, 1.82) is 0 Å². The number of thiazole rings is 1. The van der Waals surface area contributed by atoms with Crippen LogP contribution in [0.2, 0.25) is 0 Å². The fourth-order valence-corrected chi connectivity index (χ4v) is 2.75. The highest BCUT2D eigenvalue weighted by Gasteiger charge is 2.16. The van der Waals surface area contributed by atoms with Gasteiger partial charge in [-0.25, -0.2) is 9.97 Å². The topological polar surface area (TPSA) is 75.9 Å². The van der Waals surface area contributed by atoms with Gasteiger partial charge in [-0.05, 0) is 6.92 Å². The largest absolute Gasteiger partial charge is 0.396 e. The fourth-order valence-electron chi connectivity index (χ4n) is 1.77. The predicted octanol–water partition coefficient (Wildman–Crippen LogP) is 1.03. The molecule has 0 aliphatic rings. The Morgan fingerprint density at radius 1 is 1.42 bits per heavy atom. The van der Waals surface area contributed by atoms with Crippen molar-refractivity contribution < 1.29 is 9.67 Å². The van der Waals surface area contributed by atoms with Gasteiger partial charge in [0.2, 0.25) is 5.51 Å². The molecule has 0 aliphatic heterocycles. The van der Waals surface area contributed by atoms with Crippen molar-refractivity contribution in [2.75, 3.05) is 12.3 Å². The van der Waals surface area contributed by atoms with Gasteiger partial charge in [-0.2, -0.15) is 4.57 Å². The molecule has 104 valence electrons. The molecule has 0 radical (unpaired) electrons. The van der Waals surface area contributed by atoms with Crippen LogP contribution in [0.3, 0.4) is 0 Å². The SMILES string of the molecule is Cc1ncc(C[n+]2csc(CCO)c2C)c(N)n1.Cl. The number of nitrogens with two attached hydrogens (primary N) is 1. The van der Waals surface area contributed by atoms with E-state index in [1.54, 1.807) is 17.5 Å². The summed E-state index contributed by atoms with van der Waals surface area (Å²) in [5, 5.41) is 8.98. The molecule has 0 atom stereocenters. The molecule has 0 fully saturated rings. The van der Waals surface area contributed by atoms with Crippen LogP contribution in [0.1, 0.15) is 22.0 Å². The first kappa shape index (κ1) is 15.8. The summed E-state index contributed by atoms with van der Waals surface area (Å²) in [5.41, 5.74) is 10.0. The first-order valence-electron chi connectivity index (χ1n) is 5.77. The number of aliphatic hydroxyl groups is 1. The number of aliphatic hydroxyl groups excluding tert-OH is 1. The summed E-state index contributed by atoms with van der Waals surface area (Å²) in [7, 11) is 0. The van der Waals surface area contributed by atoms with E-state index in [4.69, 9.17) is 10.8 Å². The Morgan fingerprint density at radius 2 is 2.16 bits per heavy atom. The maximum absolute atomic E-state index is 8.98. The van der Waals surface area contributed by atoms with Crippen LogP contribution in [0.5, 0.6) is 0 Å². The Hall–Kier alpha value is -1.24. The number of nitrogen functional groups attached to an aromatic ring is 1. The molecule has 2 heterocycles. The lowest BCUT2D eigenvalue weighted by atomic mass is 10.2. The molecule has 0 saturated carbocycles. The molecule has 0 amide bonds. The van der Waals surface area contributed by atoms with Gasteiger partial charge in [-0.3, -0.25) is 0 Å². The summed E-state index contributed by atoms with van der Waals surface area (Å²) in [4.78, 5) is 9.53. The van der Waals surface area contributed by atoms with Crippen molar-refractivity contribution in [3.05, 3.63) is 33.7 Å². The third-order valence-electron chi connectivity index (χ3n) is 2.85. The molecule has 0 unspecified atom stereocenters. The van der Waals surface area contributed by atoms with Crippen molar-refractivity contribution >= 4 is 29.6 Å². The van der Waals surface area contributed by atoms with Crippen LogP contribution in [0.15, 0.2) is 11.7 Å². The molecule has 0 aliphatic carbocycles. The summed E-state index contributed by atoms with van der Waals surface area (Å²) in [6, 6.07) is 0. The van der Waals surface area contributed by atoms with Crippen molar-refractivity contribution in [2.24, 2.45) is 0 Å². The van der Waals surface area contributed by atoms with Crippen LogP contribution in [0.25, 0.3) is 0 Å². The van der Waals surface area contributed by atoms with Crippen LogP contribution in [0, 0.1) is 13.8 Å². The summed E-state index contributed by atoms with van der Waals surface area (Å²) in [5.74, 6) is 1.22. The summed E-state index contributed by atoms with van der Waals surface area (Å²) < 4.78 is 2.11. The smallest absolute Gasteiger partial charge is 0.225 e. The van der Waals surface area contributed by atoms with E-state index < -0.39 is 0 Å². The monoisotopic (exact) mass is 301 g/mol. The highest BCUT2D eigenvalue weighted by Crippen LogP contribution is 2.13. The second-order valence-corrected chi connectivity index (χ2v) is 5.10. The average Bonchev–Trinajstić information content (AvgIpc) is 2.66. The number of halogens is 1. The van der Waals surface area contributed by atoms with Crippen LogP contribution >= 0.6 is 23.7 Å². The summed E-state index contributed by atoms with van der Waals surface area (Å²) in [6.07, 6.45) is 2.47. The Kier molecular flexibility index (Phi) is 5.65. The van der Waals surface area contributed by atoms with Gasteiger partial charge in [0.15, 0.2) is 12.2 Å². The first-order chi connectivity index (χ1) is 8.61. The Bertz CT molecular complexity index is 559. The maximum Gasteiger partial charge on any atom is 0.225 e. The molecule has 5 nitrogen and oxygen atoms in total. The van der Waals surface area contributed by atoms with E-state index in [1.807, 2.05) is 19.4 Å². The number of aromatic nitrogens is 3. The molecule has 0 spiro atoms.